The predicted molar refractivity (Wildman–Crippen MR) is 261 cm³/mol. The molecule has 62 heavy (non-hydrogen) atoms. The van der Waals surface area contributed by atoms with Crippen LogP contribution in [0.3, 0.4) is 0 Å². The number of rotatable bonds is 7. The maximum Gasteiger partial charge on any atom is -1.00 e. The van der Waals surface area contributed by atoms with Gasteiger partial charge in [0.25, 0.3) is 0 Å². The van der Waals surface area contributed by atoms with Crippen LogP contribution in [0.1, 0.15) is 91.5 Å². The van der Waals surface area contributed by atoms with Crippen LogP contribution in [0.5, 0.6) is 0 Å². The minimum absolute atomic E-state index is 0. The van der Waals surface area contributed by atoms with E-state index in [0.717, 1.165) is 10.0 Å². The van der Waals surface area contributed by atoms with E-state index < -0.39 is 0 Å². The first-order valence-electron chi connectivity index (χ1n) is 21.2. The van der Waals surface area contributed by atoms with Gasteiger partial charge in [-0.25, -0.2) is 6.08 Å². The van der Waals surface area contributed by atoms with Crippen LogP contribution < -0.4 is 24.8 Å². The Balaban J connectivity index is 0.000000229. The summed E-state index contributed by atoms with van der Waals surface area (Å²) in [6.07, 6.45) is 11.9. The molecule has 0 amide bonds. The monoisotopic (exact) mass is 972 g/mol. The molecule has 0 radical (unpaired) electrons. The second-order valence-corrected chi connectivity index (χ2v) is 19.7. The fraction of sp³-hybridized carbons (Fsp3) is 0.263. The largest absolute Gasteiger partial charge is 1.00 e. The van der Waals surface area contributed by atoms with Gasteiger partial charge in [-0.05, 0) is 74.9 Å². The zero-order valence-corrected chi connectivity index (χ0v) is 43.3. The van der Waals surface area contributed by atoms with Gasteiger partial charge in [0.1, 0.15) is 0 Å². The zero-order valence-electron chi connectivity index (χ0n) is 37.8. The van der Waals surface area contributed by atoms with Gasteiger partial charge in [0, 0.05) is 0 Å². The summed E-state index contributed by atoms with van der Waals surface area (Å²) in [6.45, 7) is 22.3. The molecule has 1 aliphatic carbocycles. The average molecular weight is 976 g/mol. The van der Waals surface area contributed by atoms with E-state index in [2.05, 4.69) is 154 Å². The summed E-state index contributed by atoms with van der Waals surface area (Å²) in [7, 11) is 0. The third kappa shape index (κ3) is 12.6. The van der Waals surface area contributed by atoms with Crippen molar-refractivity contribution in [2.45, 2.75) is 88.5 Å². The van der Waals surface area contributed by atoms with Gasteiger partial charge in [0.15, 0.2) is 0 Å². The zero-order chi connectivity index (χ0) is 43.3. The second kappa shape index (κ2) is 22.5. The molecule has 0 saturated carbocycles. The molecule has 0 saturated heterocycles. The molecule has 8 rings (SSSR count). The molecule has 1 unspecified atom stereocenters. The number of hydrogen-bond donors (Lipinski definition) is 0. The molecular formula is C57H58Cl4Zr-2. The van der Waals surface area contributed by atoms with Crippen molar-refractivity contribution in [3.05, 3.63) is 194 Å². The Labute approximate surface area is 409 Å². The standard InChI is InChI=1S/C31H29.C13H8Cl2.C13H21.2ClH.Zr/c1-18-11-20(3)30(21(4)12-18)24-7-9-28-26(15-24)17-27-16-25(8-10-29(27)28)31-22(5)13-19(2)14-23(31)6;14-12-5-1-10(2-6-12)9-11-3-7-13(15)8-4-11;1-5-6-7-11-8-9-12(10-11)13(2,3)4;;;/h7-17H,1-6H3;1-8H;9-11H,5-7H2,1-4H3;2*1H;/q-1;;-1;;;+2/p-2. The number of unbranched alkanes of at least 4 members (excludes halogenated alkanes) is 1. The van der Waals surface area contributed by atoms with E-state index in [1.165, 1.54) is 141 Å². The van der Waals surface area contributed by atoms with E-state index in [1.807, 2.05) is 48.5 Å². The maximum absolute atomic E-state index is 5.86. The molecular weight excluding hydrogens is 918 g/mol. The molecule has 0 heterocycles. The van der Waals surface area contributed by atoms with Crippen LogP contribution >= 0.6 is 23.2 Å². The summed E-state index contributed by atoms with van der Waals surface area (Å²) in [4.78, 5) is 0. The number of halogens is 4. The first-order valence-corrected chi connectivity index (χ1v) is 23.2. The minimum atomic E-state index is 0. The summed E-state index contributed by atoms with van der Waals surface area (Å²) in [5.41, 5.74) is 17.6. The molecule has 1 aliphatic rings. The number of hydrogen-bond acceptors (Lipinski definition) is 0. The molecule has 0 aromatic heterocycles. The van der Waals surface area contributed by atoms with Gasteiger partial charge in [-0.3, -0.25) is 6.08 Å². The third-order valence-corrected chi connectivity index (χ3v) is 13.4. The summed E-state index contributed by atoms with van der Waals surface area (Å²) < 4.78 is 1.31. The van der Waals surface area contributed by atoms with Gasteiger partial charge in [-0.1, -0.05) is 129 Å². The Hall–Kier alpha value is -3.42. The maximum atomic E-state index is 5.86. The molecule has 0 nitrogen and oxygen atoms in total. The molecule has 0 N–H and O–H groups in total. The summed E-state index contributed by atoms with van der Waals surface area (Å²) >= 11 is 13.1. The van der Waals surface area contributed by atoms with E-state index in [9.17, 15) is 0 Å². The van der Waals surface area contributed by atoms with E-state index in [-0.39, 0.29) is 24.8 Å². The van der Waals surface area contributed by atoms with E-state index in [0.29, 0.717) is 11.3 Å². The van der Waals surface area contributed by atoms with Gasteiger partial charge in [-0.15, -0.1) is 39.7 Å². The summed E-state index contributed by atoms with van der Waals surface area (Å²) in [6, 6.07) is 41.2. The number of fused-ring (bicyclic) bond motifs is 3. The van der Waals surface area contributed by atoms with Crippen molar-refractivity contribution < 1.29 is 49.0 Å². The van der Waals surface area contributed by atoms with Crippen LogP contribution in [0.15, 0.2) is 133 Å². The number of benzene rings is 6. The van der Waals surface area contributed by atoms with Crippen molar-refractivity contribution in [1.29, 1.82) is 0 Å². The number of allylic oxidation sites excluding steroid dienone is 4. The molecule has 0 fully saturated rings. The quantitative estimate of drug-likeness (QED) is 0.140. The van der Waals surface area contributed by atoms with Crippen LogP contribution in [-0.4, -0.2) is 3.21 Å². The van der Waals surface area contributed by atoms with Gasteiger partial charge in [0.05, 0.1) is 0 Å². The fourth-order valence-electron chi connectivity index (χ4n) is 8.57. The van der Waals surface area contributed by atoms with Crippen LogP contribution in [0, 0.1) is 59.0 Å². The summed E-state index contributed by atoms with van der Waals surface area (Å²) in [5.74, 6) is 0.592. The van der Waals surface area contributed by atoms with Crippen LogP contribution in [0.25, 0.3) is 43.8 Å². The van der Waals surface area contributed by atoms with Crippen molar-refractivity contribution in [3.63, 3.8) is 0 Å². The van der Waals surface area contributed by atoms with Gasteiger partial charge < -0.3 is 24.8 Å². The van der Waals surface area contributed by atoms with E-state index in [1.54, 1.807) is 0 Å². The van der Waals surface area contributed by atoms with Crippen LogP contribution in [0.2, 0.25) is 10.0 Å². The Bertz CT molecular complexity index is 2500. The van der Waals surface area contributed by atoms with E-state index in [4.69, 9.17) is 23.2 Å². The van der Waals surface area contributed by atoms with Gasteiger partial charge >= 0.3 is 120 Å². The van der Waals surface area contributed by atoms with Crippen molar-refractivity contribution >= 4 is 48.0 Å². The number of aryl methyl sites for hydroxylation is 6. The SMILES string of the molecule is CCCCC1[C-]=CC(C(C)(C)C)=C1.Cc1cc(C)c(-c2ccc3c(c2)[cH-]c2cc(-c4c(C)cc(C)cc4C)ccc23)c(C)c1.Clc1ccc([C](=[Zr+2])c2ccc(Cl)cc2)cc1.[Cl-].[Cl-]. The Morgan fingerprint density at radius 1 is 0.613 bits per heavy atom. The third-order valence-electron chi connectivity index (χ3n) is 11.5. The predicted octanol–water partition coefficient (Wildman–Crippen LogP) is 11.2. The molecule has 0 spiro atoms. The smallest absolute Gasteiger partial charge is 1.00 e. The molecule has 7 aromatic carbocycles. The Morgan fingerprint density at radius 2 is 1.02 bits per heavy atom. The molecule has 5 heteroatoms. The minimum Gasteiger partial charge on any atom is -1.00 e. The van der Waals surface area contributed by atoms with E-state index >= 15 is 0 Å². The van der Waals surface area contributed by atoms with Crippen molar-refractivity contribution in [2.75, 3.05) is 0 Å². The van der Waals surface area contributed by atoms with Crippen molar-refractivity contribution in [1.82, 2.24) is 0 Å². The first-order chi connectivity index (χ1) is 28.5. The van der Waals surface area contributed by atoms with Gasteiger partial charge in [0.2, 0.25) is 0 Å². The van der Waals surface area contributed by atoms with Crippen molar-refractivity contribution in [3.8, 4) is 22.3 Å². The molecule has 0 bridgehead atoms. The molecule has 7 aromatic rings. The van der Waals surface area contributed by atoms with Crippen LogP contribution in [0.4, 0.5) is 0 Å². The topological polar surface area (TPSA) is 0 Å². The Morgan fingerprint density at radius 3 is 1.37 bits per heavy atom. The van der Waals surface area contributed by atoms with Crippen LogP contribution in [-0.2, 0) is 24.2 Å². The van der Waals surface area contributed by atoms with Gasteiger partial charge in [-0.2, -0.15) is 11.6 Å². The Kier molecular flexibility index (Phi) is 18.6. The van der Waals surface area contributed by atoms with Crippen molar-refractivity contribution in [2.24, 2.45) is 11.3 Å². The molecule has 320 valence electrons. The average Bonchev–Trinajstić information content (AvgIpc) is 3.82. The summed E-state index contributed by atoms with van der Waals surface area (Å²) in [5, 5.41) is 6.85. The fourth-order valence-corrected chi connectivity index (χ4v) is 9.64. The second-order valence-electron chi connectivity index (χ2n) is 17.6. The molecule has 1 atom stereocenters. The first kappa shape index (κ1) is 51.2. The normalized spacial score (nSPS) is 13.1. The molecule has 0 aliphatic heterocycles.